The van der Waals surface area contributed by atoms with Gasteiger partial charge in [-0.25, -0.2) is 0 Å². The average Bonchev–Trinajstić information content (AvgIpc) is 2.66. The molecule has 136 valence electrons. The predicted molar refractivity (Wildman–Crippen MR) is 99.5 cm³/mol. The van der Waals surface area contributed by atoms with Crippen LogP contribution in [0.5, 0.6) is 5.75 Å². The van der Waals surface area contributed by atoms with Crippen molar-refractivity contribution in [2.24, 2.45) is 5.73 Å². The number of nitrogens with two attached hydrogens (primary N) is 1. The zero-order valence-corrected chi connectivity index (χ0v) is 14.9. The van der Waals surface area contributed by atoms with E-state index in [9.17, 15) is 14.4 Å². The molecule has 0 unspecified atom stereocenters. The molecule has 0 bridgehead atoms. The summed E-state index contributed by atoms with van der Waals surface area (Å²) >= 11 is 0. The van der Waals surface area contributed by atoms with Gasteiger partial charge in [0.15, 0.2) is 5.78 Å². The predicted octanol–water partition coefficient (Wildman–Crippen LogP) is 2.96. The molecule has 0 aliphatic carbocycles. The number of nitrogens with one attached hydrogen (secondary N) is 1. The molecule has 0 spiro atoms. The van der Waals surface area contributed by atoms with Crippen molar-refractivity contribution in [3.05, 3.63) is 59.2 Å². The van der Waals surface area contributed by atoms with Crippen LogP contribution in [0.1, 0.15) is 46.0 Å². The second-order valence-corrected chi connectivity index (χ2v) is 5.80. The van der Waals surface area contributed by atoms with Gasteiger partial charge in [-0.1, -0.05) is 31.2 Å². The van der Waals surface area contributed by atoms with E-state index in [0.29, 0.717) is 17.0 Å². The second-order valence-electron chi connectivity index (χ2n) is 5.80. The molecule has 3 N–H and O–H groups in total. The highest BCUT2D eigenvalue weighted by Crippen LogP contribution is 2.25. The molecule has 0 aliphatic heterocycles. The highest BCUT2D eigenvalue weighted by Gasteiger charge is 2.13. The van der Waals surface area contributed by atoms with Crippen LogP contribution in [-0.2, 0) is 11.2 Å². The van der Waals surface area contributed by atoms with E-state index < -0.39 is 5.91 Å². The van der Waals surface area contributed by atoms with Crippen LogP contribution >= 0.6 is 0 Å². The van der Waals surface area contributed by atoms with Gasteiger partial charge >= 0.3 is 0 Å². The molecule has 0 fully saturated rings. The maximum absolute atomic E-state index is 12.2. The van der Waals surface area contributed by atoms with Crippen LogP contribution in [0, 0.1) is 0 Å². The van der Waals surface area contributed by atoms with Crippen molar-refractivity contribution < 1.29 is 19.1 Å². The lowest BCUT2D eigenvalue weighted by atomic mass is 10.0. The van der Waals surface area contributed by atoms with Crippen LogP contribution in [0.25, 0.3) is 0 Å². The molecule has 0 atom stereocenters. The molecular formula is C20H22N2O4. The number of carbonyl (C=O) groups is 3. The molecule has 0 saturated heterocycles. The van der Waals surface area contributed by atoms with E-state index in [4.69, 9.17) is 10.5 Å². The van der Waals surface area contributed by atoms with Crippen LogP contribution < -0.4 is 15.8 Å². The largest absolute Gasteiger partial charge is 0.495 e. The third kappa shape index (κ3) is 4.92. The SMILES string of the molecule is CCc1ccc(C(=O)CCC(=O)Nc2cc(C(N)=O)ccc2OC)cc1. The number of aryl methyl sites for hydroxylation is 1. The Morgan fingerprint density at radius 1 is 1.00 bits per heavy atom. The van der Waals surface area contributed by atoms with Gasteiger partial charge in [-0.2, -0.15) is 0 Å². The van der Waals surface area contributed by atoms with E-state index >= 15 is 0 Å². The Morgan fingerprint density at radius 2 is 1.65 bits per heavy atom. The normalized spacial score (nSPS) is 10.2. The van der Waals surface area contributed by atoms with Crippen molar-refractivity contribution in [2.45, 2.75) is 26.2 Å². The van der Waals surface area contributed by atoms with Gasteiger partial charge in [-0.15, -0.1) is 0 Å². The number of ether oxygens (including phenoxy) is 1. The Balaban J connectivity index is 1.98. The Morgan fingerprint density at radius 3 is 2.23 bits per heavy atom. The van der Waals surface area contributed by atoms with Gasteiger partial charge in [0.05, 0.1) is 12.8 Å². The number of carbonyl (C=O) groups excluding carboxylic acids is 3. The number of ketones is 1. The second kappa shape index (κ2) is 8.80. The van der Waals surface area contributed by atoms with Gasteiger partial charge in [0.1, 0.15) is 5.75 Å². The summed E-state index contributed by atoms with van der Waals surface area (Å²) in [6, 6.07) is 11.9. The summed E-state index contributed by atoms with van der Waals surface area (Å²) in [5.41, 5.74) is 7.59. The molecule has 2 rings (SSSR count). The Kier molecular flexibility index (Phi) is 6.49. The molecule has 0 aromatic heterocycles. The van der Waals surface area contributed by atoms with Crippen molar-refractivity contribution in [1.82, 2.24) is 0 Å². The van der Waals surface area contributed by atoms with Crippen LogP contribution in [0.4, 0.5) is 5.69 Å². The number of Topliss-reactive ketones (excluding diaryl/α,β-unsaturated/α-hetero) is 1. The molecule has 0 saturated carbocycles. The first kappa shape index (κ1) is 19.2. The molecule has 6 nitrogen and oxygen atoms in total. The van der Waals surface area contributed by atoms with Crippen molar-refractivity contribution in [3.8, 4) is 5.75 Å². The zero-order chi connectivity index (χ0) is 19.1. The molecular weight excluding hydrogens is 332 g/mol. The number of rotatable bonds is 8. The first-order chi connectivity index (χ1) is 12.4. The van der Waals surface area contributed by atoms with E-state index in [1.54, 1.807) is 18.2 Å². The smallest absolute Gasteiger partial charge is 0.248 e. The van der Waals surface area contributed by atoms with Crippen molar-refractivity contribution in [3.63, 3.8) is 0 Å². The van der Waals surface area contributed by atoms with Gasteiger partial charge in [-0.3, -0.25) is 14.4 Å². The molecule has 2 aromatic carbocycles. The topological polar surface area (TPSA) is 98.5 Å². The fraction of sp³-hybridized carbons (Fsp3) is 0.250. The number of amides is 2. The summed E-state index contributed by atoms with van der Waals surface area (Å²) < 4.78 is 5.16. The summed E-state index contributed by atoms with van der Waals surface area (Å²) in [5, 5.41) is 2.66. The van der Waals surface area contributed by atoms with Crippen molar-refractivity contribution in [2.75, 3.05) is 12.4 Å². The maximum Gasteiger partial charge on any atom is 0.248 e. The highest BCUT2D eigenvalue weighted by molar-refractivity contribution is 6.01. The molecule has 0 heterocycles. The van der Waals surface area contributed by atoms with E-state index in [2.05, 4.69) is 5.32 Å². The third-order valence-electron chi connectivity index (χ3n) is 4.02. The molecule has 2 amide bonds. The van der Waals surface area contributed by atoms with Gasteiger partial charge in [0.25, 0.3) is 0 Å². The number of benzene rings is 2. The molecule has 6 heteroatoms. The summed E-state index contributed by atoms with van der Waals surface area (Å²) in [7, 11) is 1.46. The summed E-state index contributed by atoms with van der Waals surface area (Å²) in [5.74, 6) is -0.636. The average molecular weight is 354 g/mol. The number of methoxy groups -OCH3 is 1. The van der Waals surface area contributed by atoms with Crippen LogP contribution in [0.2, 0.25) is 0 Å². The number of primary amides is 1. The lowest BCUT2D eigenvalue weighted by Crippen LogP contribution is -2.16. The first-order valence-corrected chi connectivity index (χ1v) is 8.34. The fourth-order valence-corrected chi connectivity index (χ4v) is 2.47. The van der Waals surface area contributed by atoms with Gasteiger partial charge in [0.2, 0.25) is 11.8 Å². The molecule has 26 heavy (non-hydrogen) atoms. The lowest BCUT2D eigenvalue weighted by molar-refractivity contribution is -0.116. The minimum absolute atomic E-state index is 0.0261. The van der Waals surface area contributed by atoms with Crippen molar-refractivity contribution >= 4 is 23.3 Å². The summed E-state index contributed by atoms with van der Waals surface area (Å²) in [6.45, 7) is 2.04. The monoisotopic (exact) mass is 354 g/mol. The van der Waals surface area contributed by atoms with E-state index in [0.717, 1.165) is 12.0 Å². The summed E-state index contributed by atoms with van der Waals surface area (Å²) in [4.78, 5) is 35.6. The Labute approximate surface area is 152 Å². The lowest BCUT2D eigenvalue weighted by Gasteiger charge is -2.11. The van der Waals surface area contributed by atoms with Crippen LogP contribution in [0.3, 0.4) is 0 Å². The molecule has 0 radical (unpaired) electrons. The van der Waals surface area contributed by atoms with E-state index in [1.807, 2.05) is 19.1 Å². The number of hydrogen-bond donors (Lipinski definition) is 2. The van der Waals surface area contributed by atoms with Gasteiger partial charge < -0.3 is 15.8 Å². The van der Waals surface area contributed by atoms with Crippen molar-refractivity contribution in [1.29, 1.82) is 0 Å². The minimum Gasteiger partial charge on any atom is -0.495 e. The third-order valence-corrected chi connectivity index (χ3v) is 4.02. The van der Waals surface area contributed by atoms with Gasteiger partial charge in [0, 0.05) is 24.0 Å². The highest BCUT2D eigenvalue weighted by atomic mass is 16.5. The van der Waals surface area contributed by atoms with E-state index in [1.165, 1.54) is 19.2 Å². The van der Waals surface area contributed by atoms with Crippen LogP contribution in [0.15, 0.2) is 42.5 Å². The number of anilines is 1. The zero-order valence-electron chi connectivity index (χ0n) is 14.9. The number of hydrogen-bond acceptors (Lipinski definition) is 4. The quantitative estimate of drug-likeness (QED) is 0.712. The first-order valence-electron chi connectivity index (χ1n) is 8.34. The van der Waals surface area contributed by atoms with Crippen LogP contribution in [-0.4, -0.2) is 24.7 Å². The Hall–Kier alpha value is -3.15. The standard InChI is InChI=1S/C20H22N2O4/c1-3-13-4-6-14(7-5-13)17(23)9-11-19(24)22-16-12-15(20(21)25)8-10-18(16)26-2/h4-8,10,12H,3,9,11H2,1-2H3,(H2,21,25)(H,22,24). The fourth-order valence-electron chi connectivity index (χ4n) is 2.47. The Bertz CT molecular complexity index is 813. The van der Waals surface area contributed by atoms with Gasteiger partial charge in [-0.05, 0) is 30.2 Å². The minimum atomic E-state index is -0.603. The molecule has 2 aromatic rings. The maximum atomic E-state index is 12.2. The summed E-state index contributed by atoms with van der Waals surface area (Å²) in [6.07, 6.45) is 1.02. The molecule has 0 aliphatic rings. The van der Waals surface area contributed by atoms with E-state index in [-0.39, 0.29) is 30.1 Å².